The van der Waals surface area contributed by atoms with Crippen molar-refractivity contribution in [3.63, 3.8) is 0 Å². The highest BCUT2D eigenvalue weighted by Gasteiger charge is 2.35. The second-order valence-corrected chi connectivity index (χ2v) is 9.32. The maximum atomic E-state index is 13.4. The molecule has 0 spiro atoms. The number of alkyl halides is 3. The van der Waals surface area contributed by atoms with Crippen LogP contribution in [0.1, 0.15) is 5.69 Å². The van der Waals surface area contributed by atoms with Crippen LogP contribution in [0.5, 0.6) is 0 Å². The summed E-state index contributed by atoms with van der Waals surface area (Å²) in [6.45, 7) is 0. The molecule has 176 valence electrons. The van der Waals surface area contributed by atoms with E-state index in [2.05, 4.69) is 14.8 Å². The lowest BCUT2D eigenvalue weighted by Gasteiger charge is -2.11. The van der Waals surface area contributed by atoms with Gasteiger partial charge in [0.25, 0.3) is 10.0 Å². The zero-order valence-electron chi connectivity index (χ0n) is 17.9. The molecule has 10 heteroatoms. The number of sulfonamides is 1. The van der Waals surface area contributed by atoms with Crippen LogP contribution in [-0.4, -0.2) is 23.2 Å². The third kappa shape index (κ3) is 4.47. The summed E-state index contributed by atoms with van der Waals surface area (Å²) < 4.78 is 69.9. The minimum absolute atomic E-state index is 0.0247. The normalized spacial score (nSPS) is 12.1. The lowest BCUT2D eigenvalue weighted by atomic mass is 10.1. The highest BCUT2D eigenvalue weighted by atomic mass is 32.2. The van der Waals surface area contributed by atoms with Crippen molar-refractivity contribution < 1.29 is 21.6 Å². The number of aromatic nitrogens is 3. The van der Waals surface area contributed by atoms with Gasteiger partial charge in [-0.05, 0) is 42.5 Å². The van der Waals surface area contributed by atoms with Gasteiger partial charge in [-0.25, -0.2) is 13.1 Å². The van der Waals surface area contributed by atoms with Crippen LogP contribution in [-0.2, 0) is 16.2 Å². The SMILES string of the molecule is O=S(=O)(Nc1ccc(-c2cc(C(F)(F)F)nn2-c2ccccc2)cc1)c1cccc2cccnc12. The van der Waals surface area contributed by atoms with Crippen LogP contribution in [0, 0.1) is 0 Å². The van der Waals surface area contributed by atoms with Gasteiger partial charge < -0.3 is 0 Å². The van der Waals surface area contributed by atoms with Crippen LogP contribution in [0.2, 0.25) is 0 Å². The summed E-state index contributed by atoms with van der Waals surface area (Å²) in [4.78, 5) is 4.21. The average Bonchev–Trinajstić information content (AvgIpc) is 3.31. The lowest BCUT2D eigenvalue weighted by molar-refractivity contribution is -0.141. The number of benzene rings is 3. The van der Waals surface area contributed by atoms with E-state index in [1.807, 2.05) is 0 Å². The lowest BCUT2D eigenvalue weighted by Crippen LogP contribution is -2.13. The predicted octanol–water partition coefficient (Wildman–Crippen LogP) is 5.91. The van der Waals surface area contributed by atoms with Crippen molar-refractivity contribution in [2.45, 2.75) is 11.1 Å². The Kier molecular flexibility index (Phi) is 5.52. The Balaban J connectivity index is 1.49. The third-order valence-electron chi connectivity index (χ3n) is 5.32. The topological polar surface area (TPSA) is 76.9 Å². The zero-order valence-corrected chi connectivity index (χ0v) is 18.8. The van der Waals surface area contributed by atoms with E-state index < -0.39 is 21.9 Å². The fourth-order valence-corrected chi connectivity index (χ4v) is 4.94. The van der Waals surface area contributed by atoms with Gasteiger partial charge >= 0.3 is 6.18 Å². The summed E-state index contributed by atoms with van der Waals surface area (Å²) in [5.41, 5.74) is 0.688. The Hall–Kier alpha value is -4.18. The summed E-state index contributed by atoms with van der Waals surface area (Å²) in [7, 11) is -3.96. The van der Waals surface area contributed by atoms with E-state index in [1.54, 1.807) is 54.6 Å². The Morgan fingerprint density at radius 2 is 1.54 bits per heavy atom. The van der Waals surface area contributed by atoms with Gasteiger partial charge in [-0.2, -0.15) is 18.3 Å². The number of para-hydroxylation sites is 2. The van der Waals surface area contributed by atoms with Gasteiger partial charge in [-0.1, -0.05) is 48.5 Å². The van der Waals surface area contributed by atoms with E-state index in [-0.39, 0.29) is 16.3 Å². The van der Waals surface area contributed by atoms with Gasteiger partial charge in [0.15, 0.2) is 5.69 Å². The van der Waals surface area contributed by atoms with Crippen molar-refractivity contribution in [2.24, 2.45) is 0 Å². The molecule has 0 saturated heterocycles. The van der Waals surface area contributed by atoms with Crippen LogP contribution >= 0.6 is 0 Å². The first-order valence-electron chi connectivity index (χ1n) is 10.4. The summed E-state index contributed by atoms with van der Waals surface area (Å²) in [6.07, 6.45) is -3.10. The Morgan fingerprint density at radius 1 is 0.829 bits per heavy atom. The number of hydrogen-bond acceptors (Lipinski definition) is 4. The minimum atomic E-state index is -4.61. The highest BCUT2D eigenvalue weighted by molar-refractivity contribution is 7.93. The molecule has 6 nitrogen and oxygen atoms in total. The van der Waals surface area contributed by atoms with E-state index in [9.17, 15) is 21.6 Å². The molecule has 0 unspecified atom stereocenters. The molecule has 0 aliphatic carbocycles. The standard InChI is InChI=1S/C25H17F3N4O2S/c26-25(27,28)23-16-21(32(30-23)20-8-2-1-3-9-20)17-11-13-19(14-12-17)31-35(33,34)22-10-4-6-18-7-5-15-29-24(18)22/h1-16,31H. The summed E-state index contributed by atoms with van der Waals surface area (Å²) in [6, 6.07) is 23.8. The minimum Gasteiger partial charge on any atom is -0.280 e. The molecule has 0 aliphatic rings. The molecule has 2 aromatic heterocycles. The Morgan fingerprint density at radius 3 is 2.26 bits per heavy atom. The molecule has 0 fully saturated rings. The molecule has 5 rings (SSSR count). The predicted molar refractivity (Wildman–Crippen MR) is 127 cm³/mol. The number of hydrogen-bond donors (Lipinski definition) is 1. The third-order valence-corrected chi connectivity index (χ3v) is 6.73. The van der Waals surface area contributed by atoms with Gasteiger partial charge in [-0.15, -0.1) is 0 Å². The van der Waals surface area contributed by atoms with E-state index in [0.29, 0.717) is 22.2 Å². The molecular formula is C25H17F3N4O2S. The fraction of sp³-hybridized carbons (Fsp3) is 0.0400. The fourth-order valence-electron chi connectivity index (χ4n) is 3.70. The first kappa shape index (κ1) is 22.6. The van der Waals surface area contributed by atoms with Gasteiger partial charge in [-0.3, -0.25) is 9.71 Å². The molecule has 0 amide bonds. The number of rotatable bonds is 5. The molecule has 35 heavy (non-hydrogen) atoms. The second-order valence-electron chi connectivity index (χ2n) is 7.67. The van der Waals surface area contributed by atoms with Crippen molar-refractivity contribution in [3.8, 4) is 16.9 Å². The number of fused-ring (bicyclic) bond motifs is 1. The van der Waals surface area contributed by atoms with Crippen molar-refractivity contribution in [2.75, 3.05) is 4.72 Å². The Labute approximate surface area is 198 Å². The number of anilines is 1. The van der Waals surface area contributed by atoms with Gasteiger partial charge in [0.2, 0.25) is 0 Å². The summed E-state index contributed by atoms with van der Waals surface area (Å²) in [5, 5.41) is 4.43. The molecule has 5 aromatic rings. The molecule has 1 N–H and O–H groups in total. The molecule has 0 saturated carbocycles. The first-order valence-corrected chi connectivity index (χ1v) is 11.9. The first-order chi connectivity index (χ1) is 16.7. The molecule has 3 aromatic carbocycles. The molecule has 2 heterocycles. The smallest absolute Gasteiger partial charge is 0.280 e. The maximum absolute atomic E-state index is 13.4. The van der Waals surface area contributed by atoms with Crippen molar-refractivity contribution in [3.05, 3.63) is 103 Å². The van der Waals surface area contributed by atoms with Gasteiger partial charge in [0.1, 0.15) is 4.90 Å². The highest BCUT2D eigenvalue weighted by Crippen LogP contribution is 2.34. The van der Waals surface area contributed by atoms with Crippen molar-refractivity contribution >= 4 is 26.6 Å². The van der Waals surface area contributed by atoms with Crippen LogP contribution in [0.4, 0.5) is 18.9 Å². The molecular weight excluding hydrogens is 477 g/mol. The summed E-state index contributed by atoms with van der Waals surface area (Å²) in [5.74, 6) is 0. The van der Waals surface area contributed by atoms with E-state index >= 15 is 0 Å². The van der Waals surface area contributed by atoms with E-state index in [4.69, 9.17) is 0 Å². The maximum Gasteiger partial charge on any atom is 0.435 e. The van der Waals surface area contributed by atoms with Crippen LogP contribution in [0.25, 0.3) is 27.8 Å². The molecule has 0 bridgehead atoms. The second kappa shape index (κ2) is 8.55. The molecule has 0 radical (unpaired) electrons. The quantitative estimate of drug-likeness (QED) is 0.330. The van der Waals surface area contributed by atoms with E-state index in [0.717, 1.165) is 6.07 Å². The number of pyridine rings is 1. The monoisotopic (exact) mass is 494 g/mol. The van der Waals surface area contributed by atoms with E-state index in [1.165, 1.54) is 41.2 Å². The van der Waals surface area contributed by atoms with Crippen molar-refractivity contribution in [1.82, 2.24) is 14.8 Å². The number of nitrogens with one attached hydrogen (secondary N) is 1. The van der Waals surface area contributed by atoms with Gasteiger partial charge in [0, 0.05) is 22.8 Å². The number of nitrogens with zero attached hydrogens (tertiary/aromatic N) is 3. The average molecular weight is 494 g/mol. The largest absolute Gasteiger partial charge is 0.435 e. The number of halogens is 3. The van der Waals surface area contributed by atoms with Crippen LogP contribution in [0.3, 0.4) is 0 Å². The molecule has 0 aliphatic heterocycles. The van der Waals surface area contributed by atoms with Gasteiger partial charge in [0.05, 0.1) is 16.9 Å². The van der Waals surface area contributed by atoms with Crippen LogP contribution in [0.15, 0.2) is 102 Å². The van der Waals surface area contributed by atoms with Crippen LogP contribution < -0.4 is 4.72 Å². The zero-order chi connectivity index (χ0) is 24.6. The summed E-state index contributed by atoms with van der Waals surface area (Å²) >= 11 is 0. The Bertz CT molecular complexity index is 1610. The molecule has 0 atom stereocenters. The van der Waals surface area contributed by atoms with Crippen molar-refractivity contribution in [1.29, 1.82) is 0 Å².